The number of nitrogens with two attached hydrogens (primary N) is 1. The van der Waals surface area contributed by atoms with Gasteiger partial charge in [0.05, 0.1) is 0 Å². The van der Waals surface area contributed by atoms with E-state index in [1.165, 1.54) is 4.90 Å². The Kier molecular flexibility index (Phi) is 5.73. The lowest BCUT2D eigenvalue weighted by atomic mass is 10.1. The van der Waals surface area contributed by atoms with Crippen LogP contribution in [0, 0.1) is 5.92 Å². The van der Waals surface area contributed by atoms with Gasteiger partial charge in [-0.25, -0.2) is 0 Å². The third-order valence-corrected chi connectivity index (χ3v) is 5.41. The highest BCUT2D eigenvalue weighted by molar-refractivity contribution is 9.10. The Morgan fingerprint density at radius 2 is 2.26 bits per heavy atom. The predicted molar refractivity (Wildman–Crippen MR) is 83.2 cm³/mol. The Morgan fingerprint density at radius 3 is 2.95 bits per heavy atom. The van der Waals surface area contributed by atoms with Gasteiger partial charge in [-0.3, -0.25) is 4.79 Å². The lowest BCUT2D eigenvalue weighted by Crippen LogP contribution is -2.30. The normalized spacial score (nSPS) is 18.8. The monoisotopic (exact) mass is 342 g/mol. The molecule has 1 aliphatic rings. The predicted octanol–water partition coefficient (Wildman–Crippen LogP) is 2.74. The highest BCUT2D eigenvalue weighted by Gasteiger charge is 2.24. The maximum atomic E-state index is 12.0. The van der Waals surface area contributed by atoms with Gasteiger partial charge in [0, 0.05) is 34.6 Å². The number of carbonyl (C=O) groups excluding carboxylic acids is 1. The van der Waals surface area contributed by atoms with E-state index >= 15 is 0 Å². The molecule has 1 unspecified atom stereocenters. The molecular formula is C14H19BrN2OS. The Bertz CT molecular complexity index is 441. The summed E-state index contributed by atoms with van der Waals surface area (Å²) in [5, 5.41) is 0. The molecule has 3 nitrogen and oxygen atoms in total. The average Bonchev–Trinajstić information content (AvgIpc) is 2.90. The molecule has 0 radical (unpaired) electrons. The van der Waals surface area contributed by atoms with Crippen LogP contribution in [0.15, 0.2) is 33.6 Å². The van der Waals surface area contributed by atoms with Crippen molar-refractivity contribution in [2.45, 2.75) is 17.7 Å². The Hall–Kier alpha value is -0.520. The van der Waals surface area contributed by atoms with E-state index in [-0.39, 0.29) is 5.91 Å². The number of rotatable bonds is 5. The molecule has 1 amide bonds. The Morgan fingerprint density at radius 1 is 1.47 bits per heavy atom. The van der Waals surface area contributed by atoms with Crippen molar-refractivity contribution in [2.24, 2.45) is 11.7 Å². The van der Waals surface area contributed by atoms with Gasteiger partial charge in [0.15, 0.2) is 0 Å². The zero-order valence-electron chi connectivity index (χ0n) is 10.8. The second-order valence-electron chi connectivity index (χ2n) is 4.76. The van der Waals surface area contributed by atoms with Gasteiger partial charge in [-0.05, 0) is 46.9 Å². The first kappa shape index (κ1) is 14.9. The second-order valence-corrected chi connectivity index (χ2v) is 6.75. The molecule has 5 heteroatoms. The van der Waals surface area contributed by atoms with Crippen molar-refractivity contribution >= 4 is 33.6 Å². The Labute approximate surface area is 127 Å². The minimum Gasteiger partial charge on any atom is -0.342 e. The van der Waals surface area contributed by atoms with Crippen LogP contribution in [-0.2, 0) is 4.79 Å². The summed E-state index contributed by atoms with van der Waals surface area (Å²) in [6, 6.07) is 8.10. The maximum Gasteiger partial charge on any atom is 0.223 e. The van der Waals surface area contributed by atoms with E-state index in [0.29, 0.717) is 18.9 Å². The topological polar surface area (TPSA) is 46.3 Å². The zero-order chi connectivity index (χ0) is 13.7. The van der Waals surface area contributed by atoms with E-state index < -0.39 is 0 Å². The Balaban J connectivity index is 1.74. The number of halogens is 1. The average molecular weight is 343 g/mol. The van der Waals surface area contributed by atoms with E-state index in [1.807, 2.05) is 23.1 Å². The minimum atomic E-state index is 0.260. The quantitative estimate of drug-likeness (QED) is 0.837. The summed E-state index contributed by atoms with van der Waals surface area (Å²) >= 11 is 5.24. The van der Waals surface area contributed by atoms with E-state index in [0.717, 1.165) is 29.7 Å². The largest absolute Gasteiger partial charge is 0.342 e. The van der Waals surface area contributed by atoms with Gasteiger partial charge >= 0.3 is 0 Å². The van der Waals surface area contributed by atoms with Crippen LogP contribution in [-0.4, -0.2) is 36.2 Å². The molecule has 0 spiro atoms. The van der Waals surface area contributed by atoms with Gasteiger partial charge in [0.1, 0.15) is 0 Å². The molecule has 0 saturated carbocycles. The lowest BCUT2D eigenvalue weighted by Gasteiger charge is -2.16. The number of hydrogen-bond donors (Lipinski definition) is 1. The van der Waals surface area contributed by atoms with Crippen LogP contribution >= 0.6 is 27.7 Å². The third kappa shape index (κ3) is 4.23. The first-order valence-corrected chi connectivity index (χ1v) is 8.33. The second kappa shape index (κ2) is 7.31. The summed E-state index contributed by atoms with van der Waals surface area (Å²) in [6.45, 7) is 2.41. The molecule has 1 saturated heterocycles. The molecule has 1 atom stereocenters. The van der Waals surface area contributed by atoms with Gasteiger partial charge in [-0.2, -0.15) is 0 Å². The smallest absolute Gasteiger partial charge is 0.223 e. The van der Waals surface area contributed by atoms with Crippen LogP contribution in [0.2, 0.25) is 0 Å². The molecule has 2 rings (SSSR count). The van der Waals surface area contributed by atoms with Gasteiger partial charge in [0.25, 0.3) is 0 Å². The van der Waals surface area contributed by atoms with Crippen LogP contribution < -0.4 is 5.73 Å². The fourth-order valence-electron chi connectivity index (χ4n) is 2.22. The first-order chi connectivity index (χ1) is 9.20. The fraction of sp³-hybridized carbons (Fsp3) is 0.500. The molecule has 1 aromatic rings. The van der Waals surface area contributed by atoms with Gasteiger partial charge < -0.3 is 10.6 Å². The zero-order valence-corrected chi connectivity index (χ0v) is 13.3. The van der Waals surface area contributed by atoms with Crippen molar-refractivity contribution in [3.8, 4) is 0 Å². The molecule has 2 N–H and O–H groups in total. The summed E-state index contributed by atoms with van der Waals surface area (Å²) in [6.07, 6.45) is 1.66. The van der Waals surface area contributed by atoms with Crippen molar-refractivity contribution in [1.82, 2.24) is 4.90 Å². The maximum absolute atomic E-state index is 12.0. The standard InChI is InChI=1S/C14H19BrN2OS/c15-12-3-1-2-4-13(12)19-8-6-14(18)17-7-5-11(9-16)10-17/h1-4,11H,5-10,16H2. The van der Waals surface area contributed by atoms with Crippen LogP contribution in [0.1, 0.15) is 12.8 Å². The number of thioether (sulfide) groups is 1. The van der Waals surface area contributed by atoms with Crippen LogP contribution in [0.25, 0.3) is 0 Å². The van der Waals surface area contributed by atoms with Gasteiger partial charge in [-0.15, -0.1) is 11.8 Å². The third-order valence-electron chi connectivity index (χ3n) is 3.38. The molecule has 0 bridgehead atoms. The summed E-state index contributed by atoms with van der Waals surface area (Å²) in [5.74, 6) is 1.58. The van der Waals surface area contributed by atoms with Crippen LogP contribution in [0.5, 0.6) is 0 Å². The molecule has 1 aromatic carbocycles. The number of likely N-dealkylation sites (tertiary alicyclic amines) is 1. The van der Waals surface area contributed by atoms with E-state index in [1.54, 1.807) is 11.8 Å². The van der Waals surface area contributed by atoms with Crippen molar-refractivity contribution in [3.05, 3.63) is 28.7 Å². The summed E-state index contributed by atoms with van der Waals surface area (Å²) < 4.78 is 1.09. The fourth-order valence-corrected chi connectivity index (χ4v) is 3.73. The summed E-state index contributed by atoms with van der Waals surface area (Å²) in [5.41, 5.74) is 5.64. The number of nitrogens with zero attached hydrogens (tertiary/aromatic N) is 1. The molecule has 1 heterocycles. The molecule has 1 fully saturated rings. The minimum absolute atomic E-state index is 0.260. The van der Waals surface area contributed by atoms with Crippen molar-refractivity contribution in [3.63, 3.8) is 0 Å². The van der Waals surface area contributed by atoms with E-state index in [9.17, 15) is 4.79 Å². The summed E-state index contributed by atoms with van der Waals surface area (Å²) in [7, 11) is 0. The van der Waals surface area contributed by atoms with Crippen molar-refractivity contribution in [1.29, 1.82) is 0 Å². The van der Waals surface area contributed by atoms with Gasteiger partial charge in [-0.1, -0.05) is 12.1 Å². The highest BCUT2D eigenvalue weighted by Crippen LogP contribution is 2.27. The number of benzene rings is 1. The molecule has 104 valence electrons. The molecule has 0 aliphatic carbocycles. The van der Waals surface area contributed by atoms with Crippen LogP contribution in [0.4, 0.5) is 0 Å². The van der Waals surface area contributed by atoms with Gasteiger partial charge in [0.2, 0.25) is 5.91 Å². The molecule has 19 heavy (non-hydrogen) atoms. The molecular weight excluding hydrogens is 324 g/mol. The van der Waals surface area contributed by atoms with E-state index in [4.69, 9.17) is 5.73 Å². The number of carbonyl (C=O) groups is 1. The lowest BCUT2D eigenvalue weighted by molar-refractivity contribution is -0.129. The molecule has 1 aliphatic heterocycles. The SMILES string of the molecule is NCC1CCN(C(=O)CCSc2ccccc2Br)C1. The summed E-state index contributed by atoms with van der Waals surface area (Å²) in [4.78, 5) is 15.2. The highest BCUT2D eigenvalue weighted by atomic mass is 79.9. The van der Waals surface area contributed by atoms with Crippen LogP contribution in [0.3, 0.4) is 0 Å². The van der Waals surface area contributed by atoms with Crippen molar-refractivity contribution in [2.75, 3.05) is 25.4 Å². The number of amides is 1. The van der Waals surface area contributed by atoms with Crippen molar-refractivity contribution < 1.29 is 4.79 Å². The van der Waals surface area contributed by atoms with E-state index in [2.05, 4.69) is 22.0 Å². The number of hydrogen-bond acceptors (Lipinski definition) is 3. The first-order valence-electron chi connectivity index (χ1n) is 6.56. The molecule has 0 aromatic heterocycles.